The Morgan fingerprint density at radius 1 is 1.00 bits per heavy atom. The molecule has 15 heavy (non-hydrogen) atoms. The average Bonchev–Trinajstić information content (AvgIpc) is 2.82. The van der Waals surface area contributed by atoms with Crippen LogP contribution in [0.2, 0.25) is 0 Å². The first-order valence-corrected chi connectivity index (χ1v) is 4.64. The number of hydrogen-bond donors (Lipinski definition) is 1. The molecule has 72 valence electrons. The van der Waals surface area contributed by atoms with Gasteiger partial charge in [0.05, 0.1) is 29.1 Å². The van der Waals surface area contributed by atoms with Gasteiger partial charge in [-0.25, -0.2) is 4.98 Å². The molecule has 0 fully saturated rings. The van der Waals surface area contributed by atoms with Gasteiger partial charge in [0.2, 0.25) is 0 Å². The number of aromatic amines is 1. The van der Waals surface area contributed by atoms with Crippen LogP contribution in [-0.4, -0.2) is 20.2 Å². The number of para-hydroxylation sites is 2. The van der Waals surface area contributed by atoms with Crippen molar-refractivity contribution in [1.29, 1.82) is 0 Å². The molecule has 0 spiro atoms. The highest BCUT2D eigenvalue weighted by Gasteiger charge is 2.02. The van der Waals surface area contributed by atoms with Crippen molar-refractivity contribution in [1.82, 2.24) is 20.2 Å². The van der Waals surface area contributed by atoms with Crippen molar-refractivity contribution in [3.63, 3.8) is 0 Å². The molecule has 2 heterocycles. The van der Waals surface area contributed by atoms with Gasteiger partial charge in [-0.15, -0.1) is 0 Å². The maximum absolute atomic E-state index is 4.50. The van der Waals surface area contributed by atoms with Crippen LogP contribution in [0.1, 0.15) is 0 Å². The zero-order valence-corrected chi connectivity index (χ0v) is 7.88. The summed E-state index contributed by atoms with van der Waals surface area (Å²) in [7, 11) is 0. The molecule has 1 aromatic carbocycles. The number of nitrogens with one attached hydrogen (secondary N) is 1. The number of fused-ring (bicyclic) bond motifs is 1. The summed E-state index contributed by atoms with van der Waals surface area (Å²) in [4.78, 5) is 8.83. The van der Waals surface area contributed by atoms with Crippen LogP contribution in [0.4, 0.5) is 0 Å². The second-order valence-electron chi connectivity index (χ2n) is 3.23. The summed E-state index contributed by atoms with van der Waals surface area (Å²) >= 11 is 0. The fraction of sp³-hybridized carbons (Fsp3) is 0. The Hall–Kier alpha value is -2.23. The number of aromatic nitrogens is 4. The van der Waals surface area contributed by atoms with Gasteiger partial charge in [0.1, 0.15) is 0 Å². The van der Waals surface area contributed by atoms with Gasteiger partial charge >= 0.3 is 0 Å². The monoisotopic (exact) mass is 196 g/mol. The van der Waals surface area contributed by atoms with E-state index in [1.165, 1.54) is 0 Å². The van der Waals surface area contributed by atoms with Gasteiger partial charge in [0.25, 0.3) is 0 Å². The Balaban J connectivity index is 2.22. The Morgan fingerprint density at radius 2 is 1.87 bits per heavy atom. The molecule has 0 atom stereocenters. The highest BCUT2D eigenvalue weighted by molar-refractivity contribution is 5.76. The lowest BCUT2D eigenvalue weighted by Crippen LogP contribution is -1.86. The second kappa shape index (κ2) is 3.16. The van der Waals surface area contributed by atoms with E-state index in [4.69, 9.17) is 0 Å². The number of nitrogens with zero attached hydrogens (tertiary/aromatic N) is 3. The molecule has 4 nitrogen and oxygen atoms in total. The molecule has 0 bridgehead atoms. The quantitative estimate of drug-likeness (QED) is 0.647. The highest BCUT2D eigenvalue weighted by Crippen LogP contribution is 2.16. The predicted molar refractivity (Wildman–Crippen MR) is 57.1 cm³/mol. The number of rotatable bonds is 1. The van der Waals surface area contributed by atoms with Crippen LogP contribution in [0.5, 0.6) is 0 Å². The Labute approximate surface area is 86.0 Å². The smallest absolute Gasteiger partial charge is 0.0924 e. The first-order chi connectivity index (χ1) is 7.43. The summed E-state index contributed by atoms with van der Waals surface area (Å²) in [6, 6.07) is 7.80. The second-order valence-corrected chi connectivity index (χ2v) is 3.23. The lowest BCUT2D eigenvalue weighted by molar-refractivity contribution is 1.09. The van der Waals surface area contributed by atoms with Crippen LogP contribution >= 0.6 is 0 Å². The molecule has 0 aliphatic carbocycles. The van der Waals surface area contributed by atoms with Crippen molar-refractivity contribution in [2.24, 2.45) is 0 Å². The largest absolute Gasteiger partial charge is 0.285 e. The third-order valence-electron chi connectivity index (χ3n) is 2.24. The van der Waals surface area contributed by atoms with Crippen LogP contribution in [0.25, 0.3) is 22.3 Å². The minimum absolute atomic E-state index is 0.836. The molecule has 3 rings (SSSR count). The lowest BCUT2D eigenvalue weighted by atomic mass is 10.2. The number of benzene rings is 1. The van der Waals surface area contributed by atoms with E-state index in [-0.39, 0.29) is 0 Å². The fourth-order valence-electron chi connectivity index (χ4n) is 1.49. The third-order valence-corrected chi connectivity index (χ3v) is 2.24. The standard InChI is InChI=1S/C11H8N4/c1-2-4-10-9(3-1)12-7-11(15-10)8-5-13-14-6-8/h1-7H,(H,13,14). The molecule has 0 aliphatic heterocycles. The molecule has 1 N–H and O–H groups in total. The summed E-state index contributed by atoms with van der Waals surface area (Å²) in [6.07, 6.45) is 5.30. The van der Waals surface area contributed by atoms with E-state index in [0.717, 1.165) is 22.3 Å². The van der Waals surface area contributed by atoms with Crippen molar-refractivity contribution >= 4 is 11.0 Å². The minimum atomic E-state index is 0.836. The predicted octanol–water partition coefficient (Wildman–Crippen LogP) is 2.02. The fourth-order valence-corrected chi connectivity index (χ4v) is 1.49. The van der Waals surface area contributed by atoms with Crippen molar-refractivity contribution < 1.29 is 0 Å². The van der Waals surface area contributed by atoms with Gasteiger partial charge in [0.15, 0.2) is 0 Å². The van der Waals surface area contributed by atoms with Crippen LogP contribution in [0.15, 0.2) is 42.9 Å². The first-order valence-electron chi connectivity index (χ1n) is 4.64. The summed E-state index contributed by atoms with van der Waals surface area (Å²) in [5.74, 6) is 0. The summed E-state index contributed by atoms with van der Waals surface area (Å²) in [6.45, 7) is 0. The third kappa shape index (κ3) is 1.36. The zero-order valence-electron chi connectivity index (χ0n) is 7.88. The summed E-state index contributed by atoms with van der Waals surface area (Å²) in [5, 5.41) is 6.64. The summed E-state index contributed by atoms with van der Waals surface area (Å²) < 4.78 is 0. The average molecular weight is 196 g/mol. The maximum Gasteiger partial charge on any atom is 0.0924 e. The van der Waals surface area contributed by atoms with E-state index in [2.05, 4.69) is 20.2 Å². The van der Waals surface area contributed by atoms with Crippen LogP contribution in [-0.2, 0) is 0 Å². The van der Waals surface area contributed by atoms with E-state index in [0.29, 0.717) is 0 Å². The zero-order chi connectivity index (χ0) is 10.1. The topological polar surface area (TPSA) is 54.5 Å². The van der Waals surface area contributed by atoms with Gasteiger partial charge in [-0.3, -0.25) is 10.1 Å². The van der Waals surface area contributed by atoms with Crippen molar-refractivity contribution in [2.45, 2.75) is 0 Å². The van der Waals surface area contributed by atoms with E-state index in [1.54, 1.807) is 18.6 Å². The van der Waals surface area contributed by atoms with Gasteiger partial charge in [-0.2, -0.15) is 5.10 Å². The highest BCUT2D eigenvalue weighted by atomic mass is 15.1. The molecule has 0 unspecified atom stereocenters. The summed E-state index contributed by atoms with van der Waals surface area (Å²) in [5.41, 5.74) is 3.59. The molecule has 2 aromatic heterocycles. The van der Waals surface area contributed by atoms with Gasteiger partial charge in [-0.05, 0) is 12.1 Å². The van der Waals surface area contributed by atoms with E-state index in [1.807, 2.05) is 24.3 Å². The van der Waals surface area contributed by atoms with Crippen LogP contribution in [0, 0.1) is 0 Å². The molecule has 0 aliphatic rings. The Bertz CT molecular complexity index is 586. The molecule has 3 aromatic rings. The van der Waals surface area contributed by atoms with E-state index in [9.17, 15) is 0 Å². The van der Waals surface area contributed by atoms with Crippen molar-refractivity contribution in [3.05, 3.63) is 42.9 Å². The van der Waals surface area contributed by atoms with E-state index < -0.39 is 0 Å². The Morgan fingerprint density at radius 3 is 2.67 bits per heavy atom. The molecule has 0 saturated carbocycles. The molecule has 0 radical (unpaired) electrons. The van der Waals surface area contributed by atoms with Crippen LogP contribution in [0.3, 0.4) is 0 Å². The number of hydrogen-bond acceptors (Lipinski definition) is 3. The van der Waals surface area contributed by atoms with Crippen LogP contribution < -0.4 is 0 Å². The molecule has 0 amide bonds. The van der Waals surface area contributed by atoms with E-state index >= 15 is 0 Å². The maximum atomic E-state index is 4.50. The first kappa shape index (κ1) is 8.11. The SMILES string of the molecule is c1ccc2nc(-c3cn[nH]c3)cnc2c1. The molecular formula is C11H8N4. The van der Waals surface area contributed by atoms with Gasteiger partial charge < -0.3 is 0 Å². The number of H-pyrrole nitrogens is 1. The van der Waals surface area contributed by atoms with Gasteiger partial charge in [0, 0.05) is 11.8 Å². The lowest BCUT2D eigenvalue weighted by Gasteiger charge is -1.98. The van der Waals surface area contributed by atoms with Crippen molar-refractivity contribution in [3.8, 4) is 11.3 Å². The molecule has 4 heteroatoms. The van der Waals surface area contributed by atoms with Crippen molar-refractivity contribution in [2.75, 3.05) is 0 Å². The molecule has 0 saturated heterocycles. The molecular weight excluding hydrogens is 188 g/mol. The van der Waals surface area contributed by atoms with Gasteiger partial charge in [-0.1, -0.05) is 12.1 Å². The normalized spacial score (nSPS) is 10.7. The Kier molecular flexibility index (Phi) is 1.71. The minimum Gasteiger partial charge on any atom is -0.285 e.